The second-order valence-corrected chi connectivity index (χ2v) is 5.27. The average Bonchev–Trinajstić information content (AvgIpc) is 2.56. The molecule has 0 aromatic heterocycles. The number of rotatable bonds is 6. The Kier molecular flexibility index (Phi) is 5.74. The maximum atomic E-state index is 11.9. The second-order valence-electron chi connectivity index (χ2n) is 5.27. The number of amides is 2. The molecule has 0 saturated carbocycles. The van der Waals surface area contributed by atoms with Crippen LogP contribution in [0.3, 0.4) is 0 Å². The van der Waals surface area contributed by atoms with E-state index < -0.39 is 0 Å². The van der Waals surface area contributed by atoms with Crippen LogP contribution in [0, 0.1) is 0 Å². The molecule has 3 N–H and O–H groups in total. The molecule has 2 amide bonds. The number of hydrogen-bond donors (Lipinski definition) is 3. The lowest BCUT2D eigenvalue weighted by Crippen LogP contribution is -2.27. The molecular formula is C18H20N2O3. The summed E-state index contributed by atoms with van der Waals surface area (Å²) in [6.07, 6.45) is 0.151. The molecule has 0 fully saturated rings. The summed E-state index contributed by atoms with van der Waals surface area (Å²) in [6, 6.07) is 16.0. The van der Waals surface area contributed by atoms with Gasteiger partial charge in [0.05, 0.1) is 11.7 Å². The quantitative estimate of drug-likeness (QED) is 0.718. The normalized spacial score (nSPS) is 11.5. The molecule has 120 valence electrons. The molecule has 0 aliphatic heterocycles. The summed E-state index contributed by atoms with van der Waals surface area (Å²) in [4.78, 5) is 23.7. The highest BCUT2D eigenvalue weighted by Gasteiger charge is 2.12. The summed E-state index contributed by atoms with van der Waals surface area (Å²) in [6.45, 7) is 1.90. The SMILES string of the molecule is C[C@@H](NC(=O)CCC(=O)Nc1ccccc1O)c1ccccc1. The van der Waals surface area contributed by atoms with Crippen LogP contribution >= 0.6 is 0 Å². The molecule has 1 atom stereocenters. The number of carbonyl (C=O) groups is 2. The number of benzene rings is 2. The summed E-state index contributed by atoms with van der Waals surface area (Å²) in [7, 11) is 0. The van der Waals surface area contributed by atoms with Crippen molar-refractivity contribution >= 4 is 17.5 Å². The molecule has 2 aromatic carbocycles. The van der Waals surface area contributed by atoms with Crippen molar-refractivity contribution < 1.29 is 14.7 Å². The number of hydrogen-bond acceptors (Lipinski definition) is 3. The standard InChI is InChI=1S/C18H20N2O3/c1-13(14-7-3-2-4-8-14)19-17(22)11-12-18(23)20-15-9-5-6-10-16(15)21/h2-10,13,21H,11-12H2,1H3,(H,19,22)(H,20,23)/t13-/m1/s1. The lowest BCUT2D eigenvalue weighted by atomic mass is 10.1. The highest BCUT2D eigenvalue weighted by Crippen LogP contribution is 2.21. The molecule has 0 unspecified atom stereocenters. The van der Waals surface area contributed by atoms with Crippen LogP contribution in [0.2, 0.25) is 0 Å². The molecule has 0 saturated heterocycles. The highest BCUT2D eigenvalue weighted by atomic mass is 16.3. The van der Waals surface area contributed by atoms with Gasteiger partial charge in [-0.15, -0.1) is 0 Å². The molecule has 0 aliphatic rings. The topological polar surface area (TPSA) is 78.4 Å². The van der Waals surface area contributed by atoms with Crippen LogP contribution in [0.4, 0.5) is 5.69 Å². The van der Waals surface area contributed by atoms with E-state index in [1.165, 1.54) is 6.07 Å². The molecule has 5 nitrogen and oxygen atoms in total. The minimum atomic E-state index is -0.311. The first-order valence-electron chi connectivity index (χ1n) is 7.48. The molecule has 0 bridgehead atoms. The molecule has 5 heteroatoms. The molecule has 0 spiro atoms. The van der Waals surface area contributed by atoms with Crippen LogP contribution in [0.25, 0.3) is 0 Å². The zero-order chi connectivity index (χ0) is 16.7. The van der Waals surface area contributed by atoms with E-state index in [0.29, 0.717) is 5.69 Å². The third-order valence-electron chi connectivity index (χ3n) is 3.43. The Hall–Kier alpha value is -2.82. The van der Waals surface area contributed by atoms with Crippen molar-refractivity contribution in [2.24, 2.45) is 0 Å². The molecular weight excluding hydrogens is 292 g/mol. The van der Waals surface area contributed by atoms with Gasteiger partial charge in [-0.05, 0) is 24.6 Å². The predicted molar refractivity (Wildman–Crippen MR) is 89.0 cm³/mol. The van der Waals surface area contributed by atoms with Gasteiger partial charge < -0.3 is 15.7 Å². The number of para-hydroxylation sites is 2. The minimum absolute atomic E-state index is 0.00278. The first kappa shape index (κ1) is 16.5. The van der Waals surface area contributed by atoms with Gasteiger partial charge in [0.2, 0.25) is 11.8 Å². The third-order valence-corrected chi connectivity index (χ3v) is 3.43. The highest BCUT2D eigenvalue weighted by molar-refractivity contribution is 5.94. The van der Waals surface area contributed by atoms with E-state index >= 15 is 0 Å². The van der Waals surface area contributed by atoms with E-state index in [1.807, 2.05) is 37.3 Å². The van der Waals surface area contributed by atoms with E-state index in [4.69, 9.17) is 0 Å². The van der Waals surface area contributed by atoms with Crippen molar-refractivity contribution in [1.82, 2.24) is 5.32 Å². The molecule has 0 radical (unpaired) electrons. The molecule has 2 aromatic rings. The van der Waals surface area contributed by atoms with Gasteiger partial charge in [0, 0.05) is 12.8 Å². The van der Waals surface area contributed by atoms with Gasteiger partial charge in [0.25, 0.3) is 0 Å². The third kappa shape index (κ3) is 5.14. The zero-order valence-corrected chi connectivity index (χ0v) is 13.0. The Morgan fingerprint density at radius 1 is 0.957 bits per heavy atom. The van der Waals surface area contributed by atoms with Gasteiger partial charge in [-0.1, -0.05) is 42.5 Å². The fraction of sp³-hybridized carbons (Fsp3) is 0.222. The van der Waals surface area contributed by atoms with Crippen LogP contribution in [-0.2, 0) is 9.59 Å². The Balaban J connectivity index is 1.78. The Bertz CT molecular complexity index is 671. The van der Waals surface area contributed by atoms with Gasteiger partial charge >= 0.3 is 0 Å². The summed E-state index contributed by atoms with van der Waals surface area (Å²) < 4.78 is 0. The van der Waals surface area contributed by atoms with Crippen molar-refractivity contribution in [2.75, 3.05) is 5.32 Å². The molecule has 0 heterocycles. The van der Waals surface area contributed by atoms with Crippen molar-refractivity contribution in [2.45, 2.75) is 25.8 Å². The van der Waals surface area contributed by atoms with Crippen molar-refractivity contribution in [3.05, 3.63) is 60.2 Å². The zero-order valence-electron chi connectivity index (χ0n) is 13.0. The monoisotopic (exact) mass is 312 g/mol. The van der Waals surface area contributed by atoms with Gasteiger partial charge in [-0.25, -0.2) is 0 Å². The van der Waals surface area contributed by atoms with Crippen LogP contribution in [0.5, 0.6) is 5.75 Å². The number of phenols is 1. The van der Waals surface area contributed by atoms with E-state index in [2.05, 4.69) is 10.6 Å². The summed E-state index contributed by atoms with van der Waals surface area (Å²) >= 11 is 0. The Morgan fingerprint density at radius 3 is 2.26 bits per heavy atom. The minimum Gasteiger partial charge on any atom is -0.506 e. The second kappa shape index (κ2) is 7.98. The van der Waals surface area contributed by atoms with Crippen molar-refractivity contribution in [3.8, 4) is 5.75 Å². The summed E-state index contributed by atoms with van der Waals surface area (Å²) in [5, 5.41) is 15.0. The van der Waals surface area contributed by atoms with E-state index in [9.17, 15) is 14.7 Å². The lowest BCUT2D eigenvalue weighted by molar-refractivity contribution is -0.124. The number of nitrogens with one attached hydrogen (secondary N) is 2. The van der Waals surface area contributed by atoms with Gasteiger partial charge in [0.1, 0.15) is 5.75 Å². The van der Waals surface area contributed by atoms with Crippen LogP contribution in [0.1, 0.15) is 31.4 Å². The number of carbonyl (C=O) groups excluding carboxylic acids is 2. The number of phenolic OH excluding ortho intramolecular Hbond substituents is 1. The Morgan fingerprint density at radius 2 is 1.57 bits per heavy atom. The van der Waals surface area contributed by atoms with Gasteiger partial charge in [-0.3, -0.25) is 9.59 Å². The summed E-state index contributed by atoms with van der Waals surface area (Å²) in [5.41, 5.74) is 1.36. The maximum absolute atomic E-state index is 11.9. The van der Waals surface area contributed by atoms with Crippen molar-refractivity contribution in [1.29, 1.82) is 0 Å². The fourth-order valence-electron chi connectivity index (χ4n) is 2.16. The Labute approximate surface area is 135 Å². The van der Waals surface area contributed by atoms with Gasteiger partial charge in [0.15, 0.2) is 0 Å². The summed E-state index contributed by atoms with van der Waals surface area (Å²) in [5.74, 6) is -0.495. The predicted octanol–water partition coefficient (Wildman–Crippen LogP) is 2.99. The molecule has 23 heavy (non-hydrogen) atoms. The number of aromatic hydroxyl groups is 1. The van der Waals surface area contributed by atoms with E-state index in [-0.39, 0.29) is 36.4 Å². The van der Waals surface area contributed by atoms with Crippen LogP contribution < -0.4 is 10.6 Å². The first-order valence-corrected chi connectivity index (χ1v) is 7.48. The molecule has 0 aliphatic carbocycles. The van der Waals surface area contributed by atoms with E-state index in [0.717, 1.165) is 5.56 Å². The van der Waals surface area contributed by atoms with Crippen molar-refractivity contribution in [3.63, 3.8) is 0 Å². The van der Waals surface area contributed by atoms with E-state index in [1.54, 1.807) is 18.2 Å². The van der Waals surface area contributed by atoms with Gasteiger partial charge in [-0.2, -0.15) is 0 Å². The molecule has 2 rings (SSSR count). The average molecular weight is 312 g/mol. The smallest absolute Gasteiger partial charge is 0.224 e. The maximum Gasteiger partial charge on any atom is 0.224 e. The largest absolute Gasteiger partial charge is 0.506 e. The van der Waals surface area contributed by atoms with Crippen LogP contribution in [-0.4, -0.2) is 16.9 Å². The first-order chi connectivity index (χ1) is 11.1. The lowest BCUT2D eigenvalue weighted by Gasteiger charge is -2.14. The fourth-order valence-corrected chi connectivity index (χ4v) is 2.16. The number of anilines is 1. The van der Waals surface area contributed by atoms with Crippen LogP contribution in [0.15, 0.2) is 54.6 Å².